The van der Waals surface area contributed by atoms with E-state index in [1.54, 1.807) is 30.3 Å². The van der Waals surface area contributed by atoms with Crippen LogP contribution in [0.3, 0.4) is 0 Å². The SMILES string of the molecule is O=C1NC(=Nc2ccc3ccccc3c2)SC1=Cc1ccc(O)cc1. The van der Waals surface area contributed by atoms with Crippen LogP contribution in [0.1, 0.15) is 5.56 Å². The fourth-order valence-electron chi connectivity index (χ4n) is 2.57. The second-order valence-electron chi connectivity index (χ2n) is 5.60. The molecule has 1 heterocycles. The van der Waals surface area contributed by atoms with Gasteiger partial charge >= 0.3 is 0 Å². The number of carbonyl (C=O) groups excluding carboxylic acids is 1. The van der Waals surface area contributed by atoms with Gasteiger partial charge in [-0.3, -0.25) is 4.79 Å². The lowest BCUT2D eigenvalue weighted by Crippen LogP contribution is -2.19. The third-order valence-electron chi connectivity index (χ3n) is 3.81. The minimum atomic E-state index is -0.169. The second kappa shape index (κ2) is 6.45. The van der Waals surface area contributed by atoms with Crippen LogP contribution in [0.5, 0.6) is 5.75 Å². The van der Waals surface area contributed by atoms with Gasteiger partial charge in [-0.15, -0.1) is 0 Å². The Hall–Kier alpha value is -3.05. The van der Waals surface area contributed by atoms with E-state index in [9.17, 15) is 9.90 Å². The van der Waals surface area contributed by atoms with Crippen LogP contribution in [0.2, 0.25) is 0 Å². The van der Waals surface area contributed by atoms with Crippen molar-refractivity contribution in [1.82, 2.24) is 5.32 Å². The zero-order valence-corrected chi connectivity index (χ0v) is 14.0. The molecule has 3 aromatic carbocycles. The number of rotatable bonds is 2. The van der Waals surface area contributed by atoms with E-state index in [0.717, 1.165) is 22.0 Å². The average Bonchev–Trinajstić information content (AvgIpc) is 2.96. The molecule has 4 nitrogen and oxygen atoms in total. The van der Waals surface area contributed by atoms with E-state index >= 15 is 0 Å². The maximum Gasteiger partial charge on any atom is 0.264 e. The normalized spacial score (nSPS) is 17.4. The number of aromatic hydroxyl groups is 1. The number of fused-ring (bicyclic) bond motifs is 1. The molecule has 2 N–H and O–H groups in total. The smallest absolute Gasteiger partial charge is 0.264 e. The average molecular weight is 346 g/mol. The first-order valence-electron chi connectivity index (χ1n) is 7.75. The lowest BCUT2D eigenvalue weighted by Gasteiger charge is -2.00. The summed E-state index contributed by atoms with van der Waals surface area (Å²) in [6.07, 6.45) is 1.78. The topological polar surface area (TPSA) is 61.7 Å². The van der Waals surface area contributed by atoms with Crippen molar-refractivity contribution in [1.29, 1.82) is 0 Å². The van der Waals surface area contributed by atoms with Gasteiger partial charge in [0.1, 0.15) is 5.75 Å². The fourth-order valence-corrected chi connectivity index (χ4v) is 3.41. The number of amides is 1. The van der Waals surface area contributed by atoms with E-state index in [1.165, 1.54) is 11.8 Å². The number of carbonyl (C=O) groups is 1. The second-order valence-corrected chi connectivity index (χ2v) is 6.64. The summed E-state index contributed by atoms with van der Waals surface area (Å²) in [6, 6.07) is 20.7. The molecule has 1 fully saturated rings. The summed E-state index contributed by atoms with van der Waals surface area (Å²) in [6.45, 7) is 0. The summed E-state index contributed by atoms with van der Waals surface area (Å²) in [5, 5.41) is 14.9. The zero-order valence-electron chi connectivity index (χ0n) is 13.1. The van der Waals surface area contributed by atoms with E-state index in [1.807, 2.05) is 36.4 Å². The van der Waals surface area contributed by atoms with Gasteiger partial charge in [0.05, 0.1) is 10.6 Å². The predicted molar refractivity (Wildman–Crippen MR) is 103 cm³/mol. The molecule has 0 aliphatic carbocycles. The quantitative estimate of drug-likeness (QED) is 0.675. The lowest BCUT2D eigenvalue weighted by molar-refractivity contribution is -0.115. The monoisotopic (exact) mass is 346 g/mol. The Kier molecular flexibility index (Phi) is 3.99. The molecule has 0 aromatic heterocycles. The predicted octanol–water partition coefficient (Wildman–Crippen LogP) is 4.44. The van der Waals surface area contributed by atoms with Crippen molar-refractivity contribution in [2.24, 2.45) is 4.99 Å². The molecule has 3 aromatic rings. The molecule has 1 aliphatic rings. The highest BCUT2D eigenvalue weighted by Crippen LogP contribution is 2.29. The molecule has 0 atom stereocenters. The molecule has 25 heavy (non-hydrogen) atoms. The third-order valence-corrected chi connectivity index (χ3v) is 4.72. The summed E-state index contributed by atoms with van der Waals surface area (Å²) in [5.74, 6) is 0.0295. The first-order valence-corrected chi connectivity index (χ1v) is 8.56. The number of phenols is 1. The maximum absolute atomic E-state index is 12.1. The van der Waals surface area contributed by atoms with E-state index in [0.29, 0.717) is 10.1 Å². The Morgan fingerprint density at radius 3 is 2.52 bits per heavy atom. The molecular formula is C20H14N2O2S. The maximum atomic E-state index is 12.1. The van der Waals surface area contributed by atoms with E-state index in [4.69, 9.17) is 0 Å². The van der Waals surface area contributed by atoms with Crippen LogP contribution in [0.4, 0.5) is 5.69 Å². The number of phenolic OH excluding ortho intramolecular Hbond substituents is 1. The third kappa shape index (κ3) is 3.41. The Labute approximate surface area is 148 Å². The number of aliphatic imine (C=N–C) groups is 1. The number of benzene rings is 3. The molecule has 1 aliphatic heterocycles. The van der Waals surface area contributed by atoms with Crippen molar-refractivity contribution >= 4 is 45.4 Å². The summed E-state index contributed by atoms with van der Waals surface area (Å²) in [4.78, 5) is 17.2. The Morgan fingerprint density at radius 2 is 1.72 bits per heavy atom. The number of hydrogen-bond acceptors (Lipinski definition) is 4. The Bertz CT molecular complexity index is 1020. The van der Waals surface area contributed by atoms with Gasteiger partial charge in [0.15, 0.2) is 5.17 Å². The van der Waals surface area contributed by atoms with Gasteiger partial charge < -0.3 is 10.4 Å². The number of thioether (sulfide) groups is 1. The van der Waals surface area contributed by atoms with Gasteiger partial charge in [-0.2, -0.15) is 0 Å². The van der Waals surface area contributed by atoms with Crippen LogP contribution in [0.25, 0.3) is 16.8 Å². The first-order chi connectivity index (χ1) is 12.2. The van der Waals surface area contributed by atoms with Crippen molar-refractivity contribution in [2.45, 2.75) is 0 Å². The van der Waals surface area contributed by atoms with Gasteiger partial charge in [0.2, 0.25) is 0 Å². The molecule has 0 unspecified atom stereocenters. The van der Waals surface area contributed by atoms with Crippen LogP contribution in [0, 0.1) is 0 Å². The number of hydrogen-bond donors (Lipinski definition) is 2. The van der Waals surface area contributed by atoms with Crippen LogP contribution in [-0.4, -0.2) is 16.2 Å². The molecule has 0 bridgehead atoms. The standard InChI is InChI=1S/C20H14N2O2S/c23-17-9-5-13(6-10-17)11-18-19(24)22-20(25-18)21-16-8-7-14-3-1-2-4-15(14)12-16/h1-12,23H,(H,21,22,24). The molecule has 0 radical (unpaired) electrons. The van der Waals surface area contributed by atoms with E-state index in [2.05, 4.69) is 16.4 Å². The van der Waals surface area contributed by atoms with Crippen LogP contribution < -0.4 is 5.32 Å². The highest BCUT2D eigenvalue weighted by atomic mass is 32.2. The molecule has 0 saturated carbocycles. The van der Waals surface area contributed by atoms with Crippen molar-refractivity contribution < 1.29 is 9.90 Å². The molecule has 5 heteroatoms. The van der Waals surface area contributed by atoms with Gasteiger partial charge in [0, 0.05) is 0 Å². The summed E-state index contributed by atoms with van der Waals surface area (Å²) in [7, 11) is 0. The first kappa shape index (κ1) is 15.5. The minimum Gasteiger partial charge on any atom is -0.508 e. The lowest BCUT2D eigenvalue weighted by atomic mass is 10.1. The van der Waals surface area contributed by atoms with Crippen LogP contribution >= 0.6 is 11.8 Å². The summed E-state index contributed by atoms with van der Waals surface area (Å²) < 4.78 is 0. The Balaban J connectivity index is 1.60. The molecule has 0 spiro atoms. The van der Waals surface area contributed by atoms with Crippen LogP contribution in [-0.2, 0) is 4.79 Å². The molecule has 122 valence electrons. The number of nitrogens with zero attached hydrogens (tertiary/aromatic N) is 1. The van der Waals surface area contributed by atoms with Gasteiger partial charge in [-0.05, 0) is 58.4 Å². The largest absolute Gasteiger partial charge is 0.508 e. The Morgan fingerprint density at radius 1 is 0.960 bits per heavy atom. The molecular weight excluding hydrogens is 332 g/mol. The van der Waals surface area contributed by atoms with Gasteiger partial charge in [0.25, 0.3) is 5.91 Å². The van der Waals surface area contributed by atoms with Crippen molar-refractivity contribution in [3.05, 3.63) is 77.2 Å². The zero-order chi connectivity index (χ0) is 17.2. The summed E-state index contributed by atoms with van der Waals surface area (Å²) >= 11 is 1.31. The number of amidine groups is 1. The molecule has 1 amide bonds. The van der Waals surface area contributed by atoms with Gasteiger partial charge in [-0.1, -0.05) is 42.5 Å². The van der Waals surface area contributed by atoms with Crippen molar-refractivity contribution in [2.75, 3.05) is 0 Å². The molecule has 4 rings (SSSR count). The number of nitrogens with one attached hydrogen (secondary N) is 1. The van der Waals surface area contributed by atoms with E-state index in [-0.39, 0.29) is 11.7 Å². The highest BCUT2D eigenvalue weighted by Gasteiger charge is 2.23. The molecule has 1 saturated heterocycles. The summed E-state index contributed by atoms with van der Waals surface area (Å²) in [5.41, 5.74) is 1.65. The van der Waals surface area contributed by atoms with Crippen molar-refractivity contribution in [3.8, 4) is 5.75 Å². The van der Waals surface area contributed by atoms with Gasteiger partial charge in [-0.25, -0.2) is 4.99 Å². The van der Waals surface area contributed by atoms with E-state index < -0.39 is 0 Å². The highest BCUT2D eigenvalue weighted by molar-refractivity contribution is 8.18. The fraction of sp³-hybridized carbons (Fsp3) is 0. The van der Waals surface area contributed by atoms with Crippen molar-refractivity contribution in [3.63, 3.8) is 0 Å². The van der Waals surface area contributed by atoms with Crippen LogP contribution in [0.15, 0.2) is 76.6 Å². The minimum absolute atomic E-state index is 0.169.